The predicted octanol–water partition coefficient (Wildman–Crippen LogP) is 2.30. The largest absolute Gasteiger partial charge is 0.365 e. The van der Waals surface area contributed by atoms with Crippen LogP contribution in [0, 0.1) is 11.3 Å². The molecule has 0 aliphatic carbocycles. The summed E-state index contributed by atoms with van der Waals surface area (Å²) in [5.41, 5.74) is 13.4. The van der Waals surface area contributed by atoms with E-state index in [1.807, 2.05) is 12.1 Å². The summed E-state index contributed by atoms with van der Waals surface area (Å²) in [6, 6.07) is 13.8. The van der Waals surface area contributed by atoms with E-state index in [9.17, 15) is 14.9 Å². The number of rotatable bonds is 3. The second kappa shape index (κ2) is 5.78. The molecule has 0 radical (unpaired) electrons. The van der Waals surface area contributed by atoms with Crippen molar-refractivity contribution in [2.24, 2.45) is 11.5 Å². The molecule has 7 heteroatoms. The van der Waals surface area contributed by atoms with Gasteiger partial charge in [-0.1, -0.05) is 30.3 Å². The van der Waals surface area contributed by atoms with Gasteiger partial charge in [-0.3, -0.25) is 10.1 Å². The lowest BCUT2D eigenvalue weighted by Gasteiger charge is -2.04. The number of aromatic amines is 1. The molecule has 118 valence electrons. The van der Waals surface area contributed by atoms with E-state index >= 15 is 0 Å². The van der Waals surface area contributed by atoms with E-state index in [0.717, 1.165) is 11.1 Å². The van der Waals surface area contributed by atoms with Crippen LogP contribution in [0.5, 0.6) is 0 Å². The van der Waals surface area contributed by atoms with Gasteiger partial charge < -0.3 is 16.5 Å². The molecule has 0 saturated carbocycles. The van der Waals surface area contributed by atoms with Gasteiger partial charge in [-0.15, -0.1) is 0 Å². The molecule has 7 nitrogen and oxygen atoms in total. The SMILES string of the molecule is N#Cc1ccccc1-c1ccc2c(C(N)=O)c(NC(N)=O)[nH]c2c1. The number of anilines is 1. The molecule has 1 heterocycles. The Morgan fingerprint density at radius 2 is 1.88 bits per heavy atom. The zero-order valence-corrected chi connectivity index (χ0v) is 12.5. The number of urea groups is 1. The minimum atomic E-state index is -0.806. The van der Waals surface area contributed by atoms with Crippen LogP contribution >= 0.6 is 0 Å². The number of primary amides is 2. The van der Waals surface area contributed by atoms with Crippen molar-refractivity contribution in [1.29, 1.82) is 5.26 Å². The standard InChI is InChI=1S/C17H13N5O2/c18-8-10-3-1-2-4-11(10)9-5-6-12-13(7-9)21-16(22-17(20)24)14(12)15(19)23/h1-7,21H,(H2,19,23)(H3,20,22,24). The Kier molecular flexibility index (Phi) is 3.64. The molecular weight excluding hydrogens is 306 g/mol. The topological polar surface area (TPSA) is 138 Å². The van der Waals surface area contributed by atoms with Gasteiger partial charge in [0.25, 0.3) is 5.91 Å². The maximum absolute atomic E-state index is 11.7. The fourth-order valence-corrected chi connectivity index (χ4v) is 2.67. The number of carbonyl (C=O) groups is 2. The first-order valence-corrected chi connectivity index (χ1v) is 7.02. The van der Waals surface area contributed by atoms with Crippen molar-refractivity contribution in [3.05, 3.63) is 53.6 Å². The number of fused-ring (bicyclic) bond motifs is 1. The van der Waals surface area contributed by atoms with Gasteiger partial charge >= 0.3 is 6.03 Å². The molecule has 1 aromatic heterocycles. The maximum Gasteiger partial charge on any atom is 0.317 e. The second-order valence-corrected chi connectivity index (χ2v) is 5.15. The molecule has 3 rings (SSSR count). The fraction of sp³-hybridized carbons (Fsp3) is 0. The molecule has 0 bridgehead atoms. The van der Waals surface area contributed by atoms with Crippen LogP contribution in [0.1, 0.15) is 15.9 Å². The number of hydrogen-bond donors (Lipinski definition) is 4. The van der Waals surface area contributed by atoms with Gasteiger partial charge in [0.15, 0.2) is 0 Å². The van der Waals surface area contributed by atoms with E-state index in [2.05, 4.69) is 16.4 Å². The van der Waals surface area contributed by atoms with Crippen molar-refractivity contribution >= 4 is 28.7 Å². The Morgan fingerprint density at radius 1 is 1.12 bits per heavy atom. The van der Waals surface area contributed by atoms with Crippen molar-refractivity contribution in [1.82, 2.24) is 4.98 Å². The third kappa shape index (κ3) is 2.53. The minimum absolute atomic E-state index is 0.149. The quantitative estimate of drug-likeness (QED) is 0.589. The zero-order chi connectivity index (χ0) is 17.3. The summed E-state index contributed by atoms with van der Waals surface area (Å²) in [5, 5.41) is 12.1. The number of nitrogens with two attached hydrogens (primary N) is 2. The Hall–Kier alpha value is -3.79. The number of nitrogens with zero attached hydrogens (tertiary/aromatic N) is 1. The first kappa shape index (κ1) is 15.1. The Morgan fingerprint density at radius 3 is 2.54 bits per heavy atom. The fourth-order valence-electron chi connectivity index (χ4n) is 2.67. The lowest BCUT2D eigenvalue weighted by atomic mass is 9.99. The third-order valence-electron chi connectivity index (χ3n) is 3.65. The van der Waals surface area contributed by atoms with Crippen molar-refractivity contribution in [2.75, 3.05) is 5.32 Å². The highest BCUT2D eigenvalue weighted by Crippen LogP contribution is 2.31. The summed E-state index contributed by atoms with van der Waals surface area (Å²) in [6.07, 6.45) is 0. The summed E-state index contributed by atoms with van der Waals surface area (Å²) in [6.45, 7) is 0. The molecular formula is C17H13N5O2. The molecule has 0 unspecified atom stereocenters. The van der Waals surface area contributed by atoms with Gasteiger partial charge in [-0.05, 0) is 23.3 Å². The lowest BCUT2D eigenvalue weighted by Crippen LogP contribution is -2.22. The van der Waals surface area contributed by atoms with Crippen LogP contribution in [-0.4, -0.2) is 16.9 Å². The van der Waals surface area contributed by atoms with Crippen LogP contribution in [0.15, 0.2) is 42.5 Å². The number of amides is 3. The number of aromatic nitrogens is 1. The molecule has 3 amide bonds. The van der Waals surface area contributed by atoms with Crippen LogP contribution < -0.4 is 16.8 Å². The molecule has 0 fully saturated rings. The Labute approximate surface area is 136 Å². The third-order valence-corrected chi connectivity index (χ3v) is 3.65. The molecule has 0 atom stereocenters. The average Bonchev–Trinajstić information content (AvgIpc) is 2.90. The van der Waals surface area contributed by atoms with Gasteiger partial charge in [0.05, 0.1) is 17.2 Å². The van der Waals surface area contributed by atoms with Crippen molar-refractivity contribution in [3.8, 4) is 17.2 Å². The van der Waals surface area contributed by atoms with E-state index in [-0.39, 0.29) is 11.4 Å². The van der Waals surface area contributed by atoms with E-state index in [4.69, 9.17) is 11.5 Å². The summed E-state index contributed by atoms with van der Waals surface area (Å²) < 4.78 is 0. The van der Waals surface area contributed by atoms with Crippen LogP contribution in [0.25, 0.3) is 22.0 Å². The average molecular weight is 319 g/mol. The highest BCUT2D eigenvalue weighted by atomic mass is 16.2. The van der Waals surface area contributed by atoms with Gasteiger partial charge in [-0.2, -0.15) is 5.26 Å². The molecule has 3 aromatic rings. The smallest absolute Gasteiger partial charge is 0.317 e. The number of nitriles is 1. The van der Waals surface area contributed by atoms with Gasteiger partial charge in [0.2, 0.25) is 0 Å². The highest BCUT2D eigenvalue weighted by molar-refractivity contribution is 6.13. The Balaban J connectivity index is 2.21. The minimum Gasteiger partial charge on any atom is -0.365 e. The number of carbonyl (C=O) groups excluding carboxylic acids is 2. The monoisotopic (exact) mass is 319 g/mol. The molecule has 2 aromatic carbocycles. The summed E-state index contributed by atoms with van der Waals surface area (Å²) in [7, 11) is 0. The highest BCUT2D eigenvalue weighted by Gasteiger charge is 2.18. The van der Waals surface area contributed by atoms with Gasteiger partial charge in [0.1, 0.15) is 5.82 Å². The van der Waals surface area contributed by atoms with Crippen molar-refractivity contribution < 1.29 is 9.59 Å². The van der Waals surface area contributed by atoms with Crippen molar-refractivity contribution in [3.63, 3.8) is 0 Å². The summed E-state index contributed by atoms with van der Waals surface area (Å²) in [5.74, 6) is -0.536. The van der Waals surface area contributed by atoms with Crippen LogP contribution in [0.3, 0.4) is 0 Å². The van der Waals surface area contributed by atoms with Crippen LogP contribution in [0.2, 0.25) is 0 Å². The lowest BCUT2D eigenvalue weighted by molar-refractivity contribution is 0.100. The number of benzene rings is 2. The first-order chi connectivity index (χ1) is 11.5. The second-order valence-electron chi connectivity index (χ2n) is 5.15. The molecule has 0 aliphatic heterocycles. The zero-order valence-electron chi connectivity index (χ0n) is 12.5. The molecule has 6 N–H and O–H groups in total. The number of nitrogens with one attached hydrogen (secondary N) is 2. The van der Waals surface area contributed by atoms with E-state index in [1.54, 1.807) is 30.3 Å². The maximum atomic E-state index is 11.7. The van der Waals surface area contributed by atoms with E-state index in [1.165, 1.54) is 0 Å². The van der Waals surface area contributed by atoms with Gasteiger partial charge in [0, 0.05) is 10.9 Å². The van der Waals surface area contributed by atoms with Crippen LogP contribution in [0.4, 0.5) is 10.6 Å². The molecule has 0 saturated heterocycles. The molecule has 0 spiro atoms. The summed E-state index contributed by atoms with van der Waals surface area (Å²) >= 11 is 0. The molecule has 0 aliphatic rings. The van der Waals surface area contributed by atoms with E-state index in [0.29, 0.717) is 16.5 Å². The Bertz CT molecular complexity index is 1010. The van der Waals surface area contributed by atoms with E-state index < -0.39 is 11.9 Å². The van der Waals surface area contributed by atoms with Gasteiger partial charge in [-0.25, -0.2) is 4.79 Å². The molecule has 24 heavy (non-hydrogen) atoms. The summed E-state index contributed by atoms with van der Waals surface area (Å²) in [4.78, 5) is 25.7. The normalized spacial score (nSPS) is 10.3. The first-order valence-electron chi connectivity index (χ1n) is 7.02. The number of hydrogen-bond acceptors (Lipinski definition) is 3. The predicted molar refractivity (Wildman–Crippen MR) is 90.2 cm³/mol. The number of H-pyrrole nitrogens is 1. The van der Waals surface area contributed by atoms with Crippen LogP contribution in [-0.2, 0) is 0 Å². The van der Waals surface area contributed by atoms with Crippen molar-refractivity contribution in [2.45, 2.75) is 0 Å².